The molecule has 0 aliphatic heterocycles. The van der Waals surface area contributed by atoms with E-state index in [0.717, 1.165) is 66.7 Å². The molecule has 42 heavy (non-hydrogen) atoms. The van der Waals surface area contributed by atoms with Gasteiger partial charge in [0.05, 0.1) is 17.6 Å². The Morgan fingerprint density at radius 2 is 1.19 bits per heavy atom. The summed E-state index contributed by atoms with van der Waals surface area (Å²) in [6.07, 6.45) is 3.69. The fourth-order valence-corrected chi connectivity index (χ4v) is 5.83. The Morgan fingerprint density at radius 3 is 2.00 bits per heavy atom. The molecule has 0 radical (unpaired) electrons. The molecule has 0 aliphatic rings. The lowest BCUT2D eigenvalue weighted by Crippen LogP contribution is -2.00. The van der Waals surface area contributed by atoms with Crippen molar-refractivity contribution in [3.63, 3.8) is 0 Å². The fourth-order valence-electron chi connectivity index (χ4n) is 5.83. The van der Waals surface area contributed by atoms with Crippen LogP contribution in [0.3, 0.4) is 0 Å². The van der Waals surface area contributed by atoms with E-state index in [1.807, 2.05) is 54.7 Å². The van der Waals surface area contributed by atoms with Crippen LogP contribution in [0.15, 0.2) is 138 Å². The van der Waals surface area contributed by atoms with E-state index in [2.05, 4.69) is 84.7 Å². The summed E-state index contributed by atoms with van der Waals surface area (Å²) in [6, 6.07) is 41.9. The summed E-state index contributed by atoms with van der Waals surface area (Å²) in [5, 5.41) is 4.48. The Bertz CT molecular complexity index is 2250. The average molecular weight is 540 g/mol. The van der Waals surface area contributed by atoms with Gasteiger partial charge in [-0.25, -0.2) is 9.97 Å². The van der Waals surface area contributed by atoms with Gasteiger partial charge in [-0.05, 0) is 47.0 Å². The first-order valence-corrected chi connectivity index (χ1v) is 14.0. The smallest absolute Gasteiger partial charge is 0.160 e. The summed E-state index contributed by atoms with van der Waals surface area (Å²) < 4.78 is 6.34. The lowest BCUT2D eigenvalue weighted by molar-refractivity contribution is 0.667. The van der Waals surface area contributed by atoms with Crippen LogP contribution in [0.4, 0.5) is 0 Å². The average Bonchev–Trinajstić information content (AvgIpc) is 3.44. The highest BCUT2D eigenvalue weighted by molar-refractivity contribution is 6.13. The molecule has 0 spiro atoms. The predicted octanol–water partition coefficient (Wildman–Crippen LogP) is 9.90. The van der Waals surface area contributed by atoms with Crippen LogP contribution >= 0.6 is 0 Å². The second-order valence-electron chi connectivity index (χ2n) is 10.5. The number of hydrogen-bond acceptors (Lipinski definition) is 4. The third kappa shape index (κ3) is 4.04. The summed E-state index contributed by atoms with van der Waals surface area (Å²) in [6.45, 7) is 2.09. The summed E-state index contributed by atoms with van der Waals surface area (Å²) in [5.74, 6) is 0.678. The summed E-state index contributed by atoms with van der Waals surface area (Å²) in [5.41, 5.74) is 9.54. The standard InChI is InChI=1S/C38H25N3O/c1-24-36(26-11-4-2-5-12-26)40-38(27-13-6-3-7-14-27)41-37(24)32-22-39-23-34-35(32)31-21-30(18-19-33(31)42-34)29-17-16-25-10-8-9-15-28(25)20-29/h2-23H,1H3. The van der Waals surface area contributed by atoms with Gasteiger partial charge in [-0.3, -0.25) is 4.98 Å². The molecule has 0 unspecified atom stereocenters. The zero-order chi connectivity index (χ0) is 28.0. The first kappa shape index (κ1) is 24.2. The SMILES string of the molecule is Cc1c(-c2ccccc2)nc(-c2ccccc2)nc1-c1cncc2oc3ccc(-c4ccc5ccccc5c4)cc3c12. The van der Waals surface area contributed by atoms with Gasteiger partial charge in [0.1, 0.15) is 5.58 Å². The molecule has 198 valence electrons. The molecule has 3 aromatic heterocycles. The maximum Gasteiger partial charge on any atom is 0.160 e. The van der Waals surface area contributed by atoms with Gasteiger partial charge in [0, 0.05) is 39.2 Å². The fraction of sp³-hybridized carbons (Fsp3) is 0.0263. The van der Waals surface area contributed by atoms with Crippen LogP contribution in [0, 0.1) is 6.92 Å². The number of fused-ring (bicyclic) bond motifs is 4. The molecule has 4 nitrogen and oxygen atoms in total. The Hall–Kier alpha value is -5.61. The molecule has 8 aromatic rings. The van der Waals surface area contributed by atoms with Gasteiger partial charge < -0.3 is 4.42 Å². The van der Waals surface area contributed by atoms with E-state index >= 15 is 0 Å². The number of hydrogen-bond donors (Lipinski definition) is 0. The molecule has 0 fully saturated rings. The first-order chi connectivity index (χ1) is 20.7. The van der Waals surface area contributed by atoms with Crippen LogP contribution in [0.5, 0.6) is 0 Å². The minimum atomic E-state index is 0.678. The molecule has 5 aromatic carbocycles. The van der Waals surface area contributed by atoms with E-state index in [0.29, 0.717) is 5.82 Å². The van der Waals surface area contributed by atoms with Gasteiger partial charge in [0.15, 0.2) is 11.4 Å². The minimum Gasteiger partial charge on any atom is -0.454 e. The number of furan rings is 1. The van der Waals surface area contributed by atoms with Gasteiger partial charge in [-0.15, -0.1) is 0 Å². The molecule has 3 heterocycles. The molecule has 0 amide bonds. The normalized spacial score (nSPS) is 11.5. The zero-order valence-electron chi connectivity index (χ0n) is 23.0. The Kier molecular flexibility index (Phi) is 5.64. The number of pyridine rings is 1. The van der Waals surface area contributed by atoms with Crippen molar-refractivity contribution in [2.45, 2.75) is 6.92 Å². The second kappa shape index (κ2) is 9.79. The maximum absolute atomic E-state index is 6.34. The summed E-state index contributed by atoms with van der Waals surface area (Å²) in [7, 11) is 0. The van der Waals surface area contributed by atoms with Crippen LogP contribution in [0.25, 0.3) is 77.7 Å². The van der Waals surface area contributed by atoms with Crippen molar-refractivity contribution in [2.75, 3.05) is 0 Å². The van der Waals surface area contributed by atoms with E-state index in [-0.39, 0.29) is 0 Å². The monoisotopic (exact) mass is 539 g/mol. The first-order valence-electron chi connectivity index (χ1n) is 14.0. The molecule has 0 aliphatic carbocycles. The van der Waals surface area contributed by atoms with Crippen LogP contribution in [-0.2, 0) is 0 Å². The third-order valence-corrected chi connectivity index (χ3v) is 7.94. The number of nitrogens with zero attached hydrogens (tertiary/aromatic N) is 3. The molecule has 4 heteroatoms. The second-order valence-corrected chi connectivity index (χ2v) is 10.5. The predicted molar refractivity (Wildman–Crippen MR) is 171 cm³/mol. The van der Waals surface area contributed by atoms with E-state index in [1.165, 1.54) is 10.8 Å². The highest BCUT2D eigenvalue weighted by atomic mass is 16.3. The Balaban J connectivity index is 1.38. The Morgan fingerprint density at radius 1 is 0.524 bits per heavy atom. The van der Waals surface area contributed by atoms with E-state index in [1.54, 1.807) is 6.20 Å². The largest absolute Gasteiger partial charge is 0.454 e. The topological polar surface area (TPSA) is 51.8 Å². The quantitative estimate of drug-likeness (QED) is 0.223. The summed E-state index contributed by atoms with van der Waals surface area (Å²) in [4.78, 5) is 14.8. The van der Waals surface area contributed by atoms with Gasteiger partial charge >= 0.3 is 0 Å². The van der Waals surface area contributed by atoms with Gasteiger partial charge in [-0.2, -0.15) is 0 Å². The van der Waals surface area contributed by atoms with Crippen LogP contribution in [0.1, 0.15) is 5.56 Å². The number of benzene rings is 5. The molecule has 0 N–H and O–H groups in total. The maximum atomic E-state index is 6.34. The van der Waals surface area contributed by atoms with E-state index < -0.39 is 0 Å². The molecule has 0 atom stereocenters. The van der Waals surface area contributed by atoms with Crippen LogP contribution < -0.4 is 0 Å². The zero-order valence-corrected chi connectivity index (χ0v) is 23.0. The van der Waals surface area contributed by atoms with Crippen molar-refractivity contribution in [1.82, 2.24) is 15.0 Å². The Labute approximate surface area is 243 Å². The van der Waals surface area contributed by atoms with Crippen molar-refractivity contribution in [1.29, 1.82) is 0 Å². The van der Waals surface area contributed by atoms with Gasteiger partial charge in [0.25, 0.3) is 0 Å². The highest BCUT2D eigenvalue weighted by Gasteiger charge is 2.20. The number of aromatic nitrogens is 3. The molecular formula is C38H25N3O. The van der Waals surface area contributed by atoms with Crippen LogP contribution in [-0.4, -0.2) is 15.0 Å². The highest BCUT2D eigenvalue weighted by Crippen LogP contribution is 2.40. The van der Waals surface area contributed by atoms with Crippen molar-refractivity contribution in [3.8, 4) is 45.0 Å². The van der Waals surface area contributed by atoms with E-state index in [9.17, 15) is 0 Å². The summed E-state index contributed by atoms with van der Waals surface area (Å²) >= 11 is 0. The molecule has 0 bridgehead atoms. The van der Waals surface area contributed by atoms with Gasteiger partial charge in [0.2, 0.25) is 0 Å². The van der Waals surface area contributed by atoms with Crippen LogP contribution in [0.2, 0.25) is 0 Å². The van der Waals surface area contributed by atoms with Crippen molar-refractivity contribution >= 4 is 32.7 Å². The van der Waals surface area contributed by atoms with Crippen molar-refractivity contribution in [2.24, 2.45) is 0 Å². The van der Waals surface area contributed by atoms with E-state index in [4.69, 9.17) is 14.4 Å². The molecule has 8 rings (SSSR count). The minimum absolute atomic E-state index is 0.678. The molecular weight excluding hydrogens is 514 g/mol. The van der Waals surface area contributed by atoms with Crippen molar-refractivity contribution in [3.05, 3.63) is 139 Å². The lowest BCUT2D eigenvalue weighted by atomic mass is 9.96. The molecule has 0 saturated heterocycles. The third-order valence-electron chi connectivity index (χ3n) is 7.94. The number of rotatable bonds is 4. The van der Waals surface area contributed by atoms with Crippen molar-refractivity contribution < 1.29 is 4.42 Å². The lowest BCUT2D eigenvalue weighted by Gasteiger charge is -2.14. The molecule has 0 saturated carbocycles. The van der Waals surface area contributed by atoms with Gasteiger partial charge in [-0.1, -0.05) is 103 Å².